The average molecular weight is 327 g/mol. The van der Waals surface area contributed by atoms with E-state index in [9.17, 15) is 9.18 Å². The first-order valence-electron chi connectivity index (χ1n) is 8.34. The Morgan fingerprint density at radius 3 is 2.42 bits per heavy atom. The van der Waals surface area contributed by atoms with Crippen LogP contribution >= 0.6 is 0 Å². The first-order chi connectivity index (χ1) is 11.5. The van der Waals surface area contributed by atoms with E-state index in [1.807, 2.05) is 44.2 Å². The van der Waals surface area contributed by atoms with Gasteiger partial charge in [-0.25, -0.2) is 4.39 Å². The van der Waals surface area contributed by atoms with Gasteiger partial charge in [-0.2, -0.15) is 0 Å². The third-order valence-electron chi connectivity index (χ3n) is 4.50. The van der Waals surface area contributed by atoms with Crippen LogP contribution in [-0.4, -0.2) is 12.0 Å². The van der Waals surface area contributed by atoms with E-state index in [0.29, 0.717) is 0 Å². The van der Waals surface area contributed by atoms with Crippen LogP contribution in [0.4, 0.5) is 10.1 Å². The lowest BCUT2D eigenvalue weighted by Crippen LogP contribution is -2.46. The number of amides is 1. The predicted octanol–water partition coefficient (Wildman–Crippen LogP) is 4.67. The number of halogens is 1. The maximum absolute atomic E-state index is 13.6. The van der Waals surface area contributed by atoms with Crippen molar-refractivity contribution in [1.29, 1.82) is 0 Å². The second kappa shape index (κ2) is 6.63. The van der Waals surface area contributed by atoms with Gasteiger partial charge in [0.05, 0.1) is 11.5 Å². The van der Waals surface area contributed by atoms with Gasteiger partial charge in [0.2, 0.25) is 5.91 Å². The van der Waals surface area contributed by atoms with Crippen molar-refractivity contribution in [3.05, 3.63) is 59.9 Å². The van der Waals surface area contributed by atoms with Gasteiger partial charge in [-0.05, 0) is 68.7 Å². The zero-order chi connectivity index (χ0) is 17.2. The summed E-state index contributed by atoms with van der Waals surface area (Å²) in [5.41, 5.74) is 0.861. The van der Waals surface area contributed by atoms with Crippen LogP contribution in [0.2, 0.25) is 0 Å². The Morgan fingerprint density at radius 1 is 1.17 bits per heavy atom. The molecule has 1 aliphatic carbocycles. The molecule has 3 nitrogen and oxygen atoms in total. The third-order valence-corrected chi connectivity index (χ3v) is 4.50. The summed E-state index contributed by atoms with van der Waals surface area (Å²) in [5.74, 6) is 0.394. The summed E-state index contributed by atoms with van der Waals surface area (Å²) < 4.78 is 19.2. The Kier molecular flexibility index (Phi) is 4.56. The number of carbonyl (C=O) groups is 1. The van der Waals surface area contributed by atoms with Crippen LogP contribution in [-0.2, 0) is 10.2 Å². The lowest BCUT2D eigenvalue weighted by molar-refractivity contribution is -0.124. The summed E-state index contributed by atoms with van der Waals surface area (Å²) in [6, 6.07) is 13.7. The van der Waals surface area contributed by atoms with E-state index in [4.69, 9.17) is 4.74 Å². The zero-order valence-corrected chi connectivity index (χ0v) is 14.0. The Labute approximate surface area is 141 Å². The largest absolute Gasteiger partial charge is 0.491 e. The van der Waals surface area contributed by atoms with E-state index in [1.165, 1.54) is 12.1 Å². The van der Waals surface area contributed by atoms with Crippen molar-refractivity contribution in [2.45, 2.75) is 44.6 Å². The highest BCUT2D eigenvalue weighted by atomic mass is 19.1. The molecule has 1 aliphatic rings. The van der Waals surface area contributed by atoms with Crippen molar-refractivity contribution < 1.29 is 13.9 Å². The molecule has 1 fully saturated rings. The molecule has 2 aromatic rings. The molecule has 0 aromatic heterocycles. The average Bonchev–Trinajstić information content (AvgIpc) is 2.48. The Balaban J connectivity index is 1.75. The minimum atomic E-state index is -0.616. The maximum atomic E-state index is 13.6. The Hall–Kier alpha value is -2.36. The second-order valence-corrected chi connectivity index (χ2v) is 6.59. The summed E-state index contributed by atoms with van der Waals surface area (Å²) in [6.07, 6.45) is 2.58. The molecule has 0 spiro atoms. The van der Waals surface area contributed by atoms with Crippen LogP contribution in [0.3, 0.4) is 0 Å². The lowest BCUT2D eigenvalue weighted by Gasteiger charge is -2.40. The molecule has 0 unspecified atom stereocenters. The molecule has 1 N–H and O–H groups in total. The second-order valence-electron chi connectivity index (χ2n) is 6.59. The maximum Gasteiger partial charge on any atom is 0.235 e. The van der Waals surface area contributed by atoms with E-state index in [2.05, 4.69) is 5.32 Å². The molecule has 3 rings (SSSR count). The Bertz CT molecular complexity index is 721. The fourth-order valence-corrected chi connectivity index (χ4v) is 3.10. The molecule has 4 heteroatoms. The first kappa shape index (κ1) is 16.5. The van der Waals surface area contributed by atoms with Gasteiger partial charge in [0.1, 0.15) is 11.6 Å². The summed E-state index contributed by atoms with van der Waals surface area (Å²) in [5, 5.41) is 2.97. The summed E-state index contributed by atoms with van der Waals surface area (Å²) >= 11 is 0. The molecule has 126 valence electrons. The topological polar surface area (TPSA) is 38.3 Å². The van der Waals surface area contributed by atoms with Crippen LogP contribution < -0.4 is 10.1 Å². The van der Waals surface area contributed by atoms with Gasteiger partial charge in [-0.3, -0.25) is 4.79 Å². The van der Waals surface area contributed by atoms with Crippen molar-refractivity contribution in [2.24, 2.45) is 0 Å². The highest BCUT2D eigenvalue weighted by Crippen LogP contribution is 2.44. The normalized spacial score (nSPS) is 15.7. The highest BCUT2D eigenvalue weighted by Gasteiger charge is 2.45. The predicted molar refractivity (Wildman–Crippen MR) is 92.8 cm³/mol. The number of ether oxygens (including phenoxy) is 1. The van der Waals surface area contributed by atoms with Crippen molar-refractivity contribution in [1.82, 2.24) is 0 Å². The SMILES string of the molecule is CC(C)Oc1ccc(NC(=O)C2(c3cccc(F)c3)CCC2)cc1. The standard InChI is InChI=1S/C20H22FNO2/c1-14(2)24-18-9-7-17(8-10-18)22-19(23)20(11-4-12-20)15-5-3-6-16(21)13-15/h3,5-10,13-14H,4,11-12H2,1-2H3,(H,22,23). The smallest absolute Gasteiger partial charge is 0.235 e. The van der Waals surface area contributed by atoms with E-state index in [0.717, 1.165) is 36.3 Å². The number of anilines is 1. The molecule has 0 bridgehead atoms. The van der Waals surface area contributed by atoms with Gasteiger partial charge >= 0.3 is 0 Å². The number of nitrogens with one attached hydrogen (secondary N) is 1. The lowest BCUT2D eigenvalue weighted by atomic mass is 9.63. The quantitative estimate of drug-likeness (QED) is 0.866. The summed E-state index contributed by atoms with van der Waals surface area (Å²) in [7, 11) is 0. The Morgan fingerprint density at radius 2 is 1.88 bits per heavy atom. The van der Waals surface area contributed by atoms with E-state index in [-0.39, 0.29) is 17.8 Å². The van der Waals surface area contributed by atoms with Gasteiger partial charge in [0.25, 0.3) is 0 Å². The van der Waals surface area contributed by atoms with Crippen LogP contribution in [0.5, 0.6) is 5.75 Å². The molecule has 0 heterocycles. The monoisotopic (exact) mass is 327 g/mol. The number of rotatable bonds is 5. The van der Waals surface area contributed by atoms with Crippen LogP contribution in [0.25, 0.3) is 0 Å². The molecule has 0 atom stereocenters. The van der Waals surface area contributed by atoms with Crippen LogP contribution in [0, 0.1) is 5.82 Å². The van der Waals surface area contributed by atoms with E-state index in [1.54, 1.807) is 6.07 Å². The number of hydrogen-bond donors (Lipinski definition) is 1. The number of carbonyl (C=O) groups excluding carboxylic acids is 1. The van der Waals surface area contributed by atoms with Gasteiger partial charge in [-0.15, -0.1) is 0 Å². The molecule has 2 aromatic carbocycles. The third kappa shape index (κ3) is 3.28. The van der Waals surface area contributed by atoms with Crippen molar-refractivity contribution in [3.8, 4) is 5.75 Å². The minimum Gasteiger partial charge on any atom is -0.491 e. The highest BCUT2D eigenvalue weighted by molar-refractivity contribution is 5.99. The van der Waals surface area contributed by atoms with Gasteiger partial charge in [0.15, 0.2) is 0 Å². The molecular formula is C20H22FNO2. The van der Waals surface area contributed by atoms with Gasteiger partial charge < -0.3 is 10.1 Å². The molecule has 0 aliphatic heterocycles. The minimum absolute atomic E-state index is 0.0723. The van der Waals surface area contributed by atoms with Crippen molar-refractivity contribution in [3.63, 3.8) is 0 Å². The van der Waals surface area contributed by atoms with E-state index < -0.39 is 5.41 Å². The van der Waals surface area contributed by atoms with Crippen molar-refractivity contribution in [2.75, 3.05) is 5.32 Å². The molecular weight excluding hydrogens is 305 g/mol. The van der Waals surface area contributed by atoms with Crippen LogP contribution in [0.1, 0.15) is 38.7 Å². The van der Waals surface area contributed by atoms with Crippen molar-refractivity contribution >= 4 is 11.6 Å². The summed E-state index contributed by atoms with van der Waals surface area (Å²) in [4.78, 5) is 12.8. The van der Waals surface area contributed by atoms with Gasteiger partial charge in [-0.1, -0.05) is 18.6 Å². The summed E-state index contributed by atoms with van der Waals surface area (Å²) in [6.45, 7) is 3.93. The first-order valence-corrected chi connectivity index (χ1v) is 8.34. The molecule has 1 amide bonds. The molecule has 1 saturated carbocycles. The zero-order valence-electron chi connectivity index (χ0n) is 14.0. The molecule has 24 heavy (non-hydrogen) atoms. The van der Waals surface area contributed by atoms with Gasteiger partial charge in [0, 0.05) is 5.69 Å². The molecule has 0 saturated heterocycles. The number of hydrogen-bond acceptors (Lipinski definition) is 2. The van der Waals surface area contributed by atoms with Crippen LogP contribution in [0.15, 0.2) is 48.5 Å². The fraction of sp³-hybridized carbons (Fsp3) is 0.350. The van der Waals surface area contributed by atoms with E-state index >= 15 is 0 Å². The molecule has 0 radical (unpaired) electrons. The fourth-order valence-electron chi connectivity index (χ4n) is 3.10. The number of benzene rings is 2.